The largest absolute Gasteiger partial charge is 0.480 e. The summed E-state index contributed by atoms with van der Waals surface area (Å²) in [6.45, 7) is 2.80. The third-order valence-corrected chi connectivity index (χ3v) is 3.27. The van der Waals surface area contributed by atoms with E-state index in [1.807, 2.05) is 0 Å². The molecule has 0 aromatic heterocycles. The summed E-state index contributed by atoms with van der Waals surface area (Å²) in [6.07, 6.45) is -4.58. The lowest BCUT2D eigenvalue weighted by atomic mass is 9.98. The van der Waals surface area contributed by atoms with E-state index in [2.05, 4.69) is 5.32 Å². The molecule has 116 valence electrons. The minimum atomic E-state index is -4.65. The molecule has 1 atom stereocenters. The molecule has 1 rings (SSSR count). The first kappa shape index (κ1) is 17.3. The average Bonchev–Trinajstić information content (AvgIpc) is 2.36. The van der Waals surface area contributed by atoms with Gasteiger partial charge >= 0.3 is 12.1 Å². The summed E-state index contributed by atoms with van der Waals surface area (Å²) in [7, 11) is 0. The molecule has 0 saturated carbocycles. The van der Waals surface area contributed by atoms with Gasteiger partial charge in [0.15, 0.2) is 0 Å². The predicted molar refractivity (Wildman–Crippen MR) is 70.3 cm³/mol. The maximum Gasteiger partial charge on any atom is 0.416 e. The van der Waals surface area contributed by atoms with E-state index in [1.165, 1.54) is 13.8 Å². The monoisotopic (exact) mass is 323 g/mol. The lowest BCUT2D eigenvalue weighted by Gasteiger charge is -2.24. The van der Waals surface area contributed by atoms with Crippen LogP contribution in [0.3, 0.4) is 0 Å². The number of benzene rings is 1. The highest BCUT2D eigenvalue weighted by Crippen LogP contribution is 2.32. The minimum absolute atomic E-state index is 0.0702. The van der Waals surface area contributed by atoms with Crippen LogP contribution in [0.5, 0.6) is 0 Å². The summed E-state index contributed by atoms with van der Waals surface area (Å²) in [5, 5.41) is 11.0. The lowest BCUT2D eigenvalue weighted by Crippen LogP contribution is -2.51. The van der Waals surface area contributed by atoms with Crippen LogP contribution in [0, 0.1) is 0 Å². The SMILES string of the molecule is CCC(C)(NC(=O)c1cc(Cl)cc(C(F)(F)F)c1)C(=O)O. The number of carboxylic acids is 1. The van der Waals surface area contributed by atoms with Crippen LogP contribution in [-0.2, 0) is 11.0 Å². The molecule has 2 N–H and O–H groups in total. The molecular weight excluding hydrogens is 311 g/mol. The number of carboxylic acid groups (broad SMARTS) is 1. The number of halogens is 4. The third-order valence-electron chi connectivity index (χ3n) is 3.06. The number of rotatable bonds is 4. The van der Waals surface area contributed by atoms with Crippen LogP contribution >= 0.6 is 11.6 Å². The molecule has 0 aliphatic carbocycles. The van der Waals surface area contributed by atoms with Crippen LogP contribution in [0.1, 0.15) is 36.2 Å². The van der Waals surface area contributed by atoms with Gasteiger partial charge in [-0.3, -0.25) is 4.79 Å². The van der Waals surface area contributed by atoms with Crippen LogP contribution in [0.4, 0.5) is 13.2 Å². The average molecular weight is 324 g/mol. The number of nitrogens with one attached hydrogen (secondary N) is 1. The Kier molecular flexibility index (Phi) is 4.88. The molecule has 0 spiro atoms. The first-order valence-corrected chi connectivity index (χ1v) is 6.31. The van der Waals surface area contributed by atoms with Crippen molar-refractivity contribution < 1.29 is 27.9 Å². The second-order valence-electron chi connectivity index (χ2n) is 4.67. The number of hydrogen-bond donors (Lipinski definition) is 2. The van der Waals surface area contributed by atoms with Gasteiger partial charge in [-0.1, -0.05) is 18.5 Å². The molecule has 1 aromatic rings. The van der Waals surface area contributed by atoms with Gasteiger partial charge in [-0.25, -0.2) is 4.79 Å². The molecule has 21 heavy (non-hydrogen) atoms. The number of amides is 1. The Balaban J connectivity index is 3.14. The molecule has 0 radical (unpaired) electrons. The standard InChI is InChI=1S/C13H13ClF3NO3/c1-3-12(2,11(20)21)18-10(19)7-4-8(13(15,16)17)6-9(14)5-7/h4-6H,3H2,1-2H3,(H,18,19)(H,20,21). The maximum atomic E-state index is 12.7. The van der Waals surface area contributed by atoms with E-state index in [1.54, 1.807) is 0 Å². The zero-order chi connectivity index (χ0) is 16.4. The van der Waals surface area contributed by atoms with Crippen molar-refractivity contribution in [3.05, 3.63) is 34.3 Å². The van der Waals surface area contributed by atoms with Crippen molar-refractivity contribution in [1.29, 1.82) is 0 Å². The summed E-state index contributed by atoms with van der Waals surface area (Å²) in [5.41, 5.74) is -3.00. The Morgan fingerprint density at radius 3 is 2.29 bits per heavy atom. The fraction of sp³-hybridized carbons (Fsp3) is 0.385. The van der Waals surface area contributed by atoms with Crippen molar-refractivity contribution in [1.82, 2.24) is 5.32 Å². The number of carbonyl (C=O) groups excluding carboxylic acids is 1. The summed E-state index contributed by atoms with van der Waals surface area (Å²) < 4.78 is 38.0. The first-order valence-electron chi connectivity index (χ1n) is 5.93. The summed E-state index contributed by atoms with van der Waals surface area (Å²) in [5.74, 6) is -2.22. The van der Waals surface area contributed by atoms with Gasteiger partial charge in [-0.2, -0.15) is 13.2 Å². The van der Waals surface area contributed by atoms with E-state index >= 15 is 0 Å². The van der Waals surface area contributed by atoms with Crippen molar-refractivity contribution in [2.24, 2.45) is 0 Å². The smallest absolute Gasteiger partial charge is 0.416 e. The Hall–Kier alpha value is -1.76. The Bertz CT molecular complexity index is 574. The molecule has 0 aliphatic heterocycles. The third kappa shape index (κ3) is 4.10. The van der Waals surface area contributed by atoms with Crippen LogP contribution in [-0.4, -0.2) is 22.5 Å². The first-order chi connectivity index (χ1) is 9.49. The van der Waals surface area contributed by atoms with Gasteiger partial charge in [0, 0.05) is 10.6 Å². The molecular formula is C13H13ClF3NO3. The van der Waals surface area contributed by atoms with Crippen LogP contribution in [0.2, 0.25) is 5.02 Å². The zero-order valence-electron chi connectivity index (χ0n) is 11.2. The molecule has 8 heteroatoms. The van der Waals surface area contributed by atoms with Crippen molar-refractivity contribution >= 4 is 23.5 Å². The molecule has 0 fully saturated rings. The molecule has 1 aromatic carbocycles. The van der Waals surface area contributed by atoms with Crippen LogP contribution in [0.15, 0.2) is 18.2 Å². The summed E-state index contributed by atoms with van der Waals surface area (Å²) >= 11 is 5.57. The molecule has 0 bridgehead atoms. The summed E-state index contributed by atoms with van der Waals surface area (Å²) in [4.78, 5) is 23.0. The van der Waals surface area contributed by atoms with Crippen LogP contribution in [0.25, 0.3) is 0 Å². The van der Waals surface area contributed by atoms with Gasteiger partial charge in [-0.05, 0) is 31.5 Å². The number of aliphatic carboxylic acids is 1. The van der Waals surface area contributed by atoms with Gasteiger partial charge < -0.3 is 10.4 Å². The lowest BCUT2D eigenvalue weighted by molar-refractivity contribution is -0.144. The number of alkyl halides is 3. The topological polar surface area (TPSA) is 66.4 Å². The molecule has 0 heterocycles. The predicted octanol–water partition coefficient (Wildman–Crippen LogP) is 3.34. The van der Waals surface area contributed by atoms with E-state index in [-0.39, 0.29) is 17.0 Å². The Morgan fingerprint density at radius 2 is 1.86 bits per heavy atom. The van der Waals surface area contributed by atoms with Crippen molar-refractivity contribution in [2.75, 3.05) is 0 Å². The van der Waals surface area contributed by atoms with Gasteiger partial charge in [-0.15, -0.1) is 0 Å². The van der Waals surface area contributed by atoms with Crippen LogP contribution < -0.4 is 5.32 Å². The summed E-state index contributed by atoms with van der Waals surface area (Å²) in [6, 6.07) is 2.36. The Morgan fingerprint density at radius 1 is 1.29 bits per heavy atom. The normalized spacial score (nSPS) is 14.4. The van der Waals surface area contributed by atoms with E-state index in [0.29, 0.717) is 12.1 Å². The van der Waals surface area contributed by atoms with Gasteiger partial charge in [0.05, 0.1) is 5.56 Å². The van der Waals surface area contributed by atoms with E-state index in [0.717, 1.165) is 6.07 Å². The van der Waals surface area contributed by atoms with Gasteiger partial charge in [0.2, 0.25) is 0 Å². The van der Waals surface area contributed by atoms with E-state index < -0.39 is 29.2 Å². The highest BCUT2D eigenvalue weighted by atomic mass is 35.5. The van der Waals surface area contributed by atoms with Crippen molar-refractivity contribution in [3.8, 4) is 0 Å². The van der Waals surface area contributed by atoms with Gasteiger partial charge in [0.25, 0.3) is 5.91 Å². The molecule has 1 amide bonds. The number of carbonyl (C=O) groups is 2. The maximum absolute atomic E-state index is 12.7. The quantitative estimate of drug-likeness (QED) is 0.893. The zero-order valence-corrected chi connectivity index (χ0v) is 12.0. The van der Waals surface area contributed by atoms with E-state index in [9.17, 15) is 22.8 Å². The van der Waals surface area contributed by atoms with E-state index in [4.69, 9.17) is 16.7 Å². The molecule has 4 nitrogen and oxygen atoms in total. The molecule has 0 saturated heterocycles. The second-order valence-corrected chi connectivity index (χ2v) is 5.11. The fourth-order valence-electron chi connectivity index (χ4n) is 1.50. The molecule has 1 unspecified atom stereocenters. The second kappa shape index (κ2) is 5.93. The number of hydrogen-bond acceptors (Lipinski definition) is 2. The highest BCUT2D eigenvalue weighted by Gasteiger charge is 2.35. The van der Waals surface area contributed by atoms with Crippen molar-refractivity contribution in [3.63, 3.8) is 0 Å². The Labute approximate surface area is 123 Å². The highest BCUT2D eigenvalue weighted by molar-refractivity contribution is 6.31. The molecule has 0 aliphatic rings. The van der Waals surface area contributed by atoms with Gasteiger partial charge in [0.1, 0.15) is 5.54 Å². The minimum Gasteiger partial charge on any atom is -0.480 e. The van der Waals surface area contributed by atoms with Crippen molar-refractivity contribution in [2.45, 2.75) is 32.0 Å². The fourth-order valence-corrected chi connectivity index (χ4v) is 1.74.